The number of hydrogen-bond donors (Lipinski definition) is 4. The smallest absolute Gasteiger partial charge is 0.409 e. The Balaban J connectivity index is 1.65. The van der Waals surface area contributed by atoms with Crippen molar-refractivity contribution in [1.82, 2.24) is 15.6 Å². The maximum atomic E-state index is 13.7. The number of amidine groups is 1. The van der Waals surface area contributed by atoms with Crippen molar-refractivity contribution in [2.75, 3.05) is 18.9 Å². The van der Waals surface area contributed by atoms with E-state index in [-0.39, 0.29) is 46.0 Å². The molecule has 2 aromatic carbocycles. The molecule has 0 spiro atoms. The van der Waals surface area contributed by atoms with Crippen molar-refractivity contribution in [1.29, 1.82) is 0 Å². The van der Waals surface area contributed by atoms with Crippen molar-refractivity contribution in [3.63, 3.8) is 0 Å². The molecule has 1 unspecified atom stereocenters. The lowest BCUT2D eigenvalue weighted by Crippen LogP contribution is -2.46. The summed E-state index contributed by atoms with van der Waals surface area (Å²) >= 11 is 12.8. The number of carbonyl (C=O) groups is 2. The van der Waals surface area contributed by atoms with Crippen molar-refractivity contribution >= 4 is 58.0 Å². The summed E-state index contributed by atoms with van der Waals surface area (Å²) in [6.07, 6.45) is -4.47. The van der Waals surface area contributed by atoms with E-state index in [9.17, 15) is 22.8 Å². The van der Waals surface area contributed by atoms with E-state index < -0.39 is 23.5 Å². The molecule has 38 heavy (non-hydrogen) atoms. The monoisotopic (exact) mass is 571 g/mol. The predicted octanol–water partition coefficient (Wildman–Crippen LogP) is 5.40. The van der Waals surface area contributed by atoms with E-state index in [2.05, 4.69) is 30.9 Å². The Morgan fingerprint density at radius 1 is 1.21 bits per heavy atom. The Hall–Kier alpha value is -3.48. The lowest BCUT2D eigenvalue weighted by molar-refractivity contribution is -0.160. The number of halogens is 5. The zero-order valence-corrected chi connectivity index (χ0v) is 21.7. The highest BCUT2D eigenvalue weighted by atomic mass is 35.5. The number of H-pyrrole nitrogens is 1. The summed E-state index contributed by atoms with van der Waals surface area (Å²) in [5.41, 5.74) is 0.767. The minimum Gasteiger partial charge on any atom is -0.454 e. The second-order valence-corrected chi connectivity index (χ2v) is 9.89. The Morgan fingerprint density at radius 3 is 2.50 bits per heavy atom. The second-order valence-electron chi connectivity index (χ2n) is 9.08. The van der Waals surface area contributed by atoms with Crippen LogP contribution in [0.5, 0.6) is 11.5 Å². The average molecular weight is 572 g/mol. The molecule has 0 saturated heterocycles. The van der Waals surface area contributed by atoms with Gasteiger partial charge in [-0.1, -0.05) is 42.2 Å². The predicted molar refractivity (Wildman–Crippen MR) is 137 cm³/mol. The summed E-state index contributed by atoms with van der Waals surface area (Å²) in [5.74, 6) is -0.629. The number of carbonyl (C=O) groups excluding carboxylic acids is 2. The molecule has 1 aliphatic rings. The van der Waals surface area contributed by atoms with E-state index in [1.54, 1.807) is 18.2 Å². The highest BCUT2D eigenvalue weighted by Crippen LogP contribution is 2.46. The molecule has 0 saturated carbocycles. The molecule has 0 fully saturated rings. The van der Waals surface area contributed by atoms with Gasteiger partial charge < -0.3 is 30.5 Å². The van der Waals surface area contributed by atoms with Gasteiger partial charge in [-0.2, -0.15) is 13.2 Å². The van der Waals surface area contributed by atoms with Gasteiger partial charge in [0.05, 0.1) is 10.0 Å². The fourth-order valence-corrected chi connectivity index (χ4v) is 4.90. The van der Waals surface area contributed by atoms with Crippen LogP contribution in [0.1, 0.15) is 31.1 Å². The molecule has 0 aliphatic carbocycles. The van der Waals surface area contributed by atoms with E-state index in [4.69, 9.17) is 27.9 Å². The van der Waals surface area contributed by atoms with E-state index in [1.165, 1.54) is 19.2 Å². The van der Waals surface area contributed by atoms with Gasteiger partial charge in [0.1, 0.15) is 11.8 Å². The number of nitrogens with zero attached hydrogens (tertiary/aromatic N) is 1. The molecule has 0 radical (unpaired) electrons. The summed E-state index contributed by atoms with van der Waals surface area (Å²) in [6.45, 7) is 3.91. The van der Waals surface area contributed by atoms with Gasteiger partial charge in [0.2, 0.25) is 5.84 Å². The molecule has 1 amide bonds. The van der Waals surface area contributed by atoms with Crippen LogP contribution in [0.4, 0.5) is 18.9 Å². The van der Waals surface area contributed by atoms with Gasteiger partial charge in [-0.25, -0.2) is 0 Å². The van der Waals surface area contributed by atoms with Gasteiger partial charge in [-0.3, -0.25) is 9.59 Å². The Labute approximate surface area is 224 Å². The quantitative estimate of drug-likeness (QED) is 0.107. The minimum absolute atomic E-state index is 0.0532. The molecular formula is C24H22Cl2F3N5O4. The van der Waals surface area contributed by atoms with Gasteiger partial charge in [-0.05, 0) is 35.9 Å². The Morgan fingerprint density at radius 2 is 1.89 bits per heavy atom. The summed E-state index contributed by atoms with van der Waals surface area (Å²) in [6, 6.07) is 5.80. The molecule has 14 heteroatoms. The van der Waals surface area contributed by atoms with Crippen molar-refractivity contribution in [3.05, 3.63) is 51.6 Å². The van der Waals surface area contributed by atoms with Gasteiger partial charge in [0.15, 0.2) is 5.75 Å². The topological polar surface area (TPSA) is 117 Å². The molecule has 1 aromatic heterocycles. The van der Waals surface area contributed by atoms with Gasteiger partial charge >= 0.3 is 12.6 Å². The molecule has 1 aliphatic heterocycles. The summed E-state index contributed by atoms with van der Waals surface area (Å²) in [4.78, 5) is 29.8. The Kier molecular flexibility index (Phi) is 7.51. The number of benzene rings is 2. The number of hydrogen-bond acceptors (Lipinski definition) is 6. The van der Waals surface area contributed by atoms with Crippen LogP contribution < -0.4 is 20.7 Å². The first kappa shape index (κ1) is 27.6. The van der Waals surface area contributed by atoms with Gasteiger partial charge in [0.25, 0.3) is 5.91 Å². The van der Waals surface area contributed by atoms with Crippen molar-refractivity contribution in [3.8, 4) is 11.5 Å². The number of nitrogens with one attached hydrogen (secondary N) is 4. The third kappa shape index (κ3) is 5.38. The number of oxime groups is 1. The van der Waals surface area contributed by atoms with Crippen LogP contribution in [-0.2, 0) is 19.8 Å². The van der Waals surface area contributed by atoms with Crippen LogP contribution in [0.25, 0.3) is 10.9 Å². The summed E-state index contributed by atoms with van der Waals surface area (Å²) in [5, 5.41) is 11.6. The molecular weight excluding hydrogens is 550 g/mol. The lowest BCUT2D eigenvalue weighted by atomic mass is 9.78. The second kappa shape index (κ2) is 10.4. The first-order valence-corrected chi connectivity index (χ1v) is 11.9. The number of alkyl halides is 3. The summed E-state index contributed by atoms with van der Waals surface area (Å²) in [7, 11) is 1.41. The number of aromatic nitrogens is 1. The molecule has 2 heterocycles. The zero-order valence-electron chi connectivity index (χ0n) is 20.2. The Bertz CT molecular complexity index is 1420. The average Bonchev–Trinajstić information content (AvgIpc) is 3.21. The fourth-order valence-electron chi connectivity index (χ4n) is 4.34. The third-order valence-electron chi connectivity index (χ3n) is 5.95. The summed E-state index contributed by atoms with van der Waals surface area (Å²) < 4.78 is 47.0. The largest absolute Gasteiger partial charge is 0.454 e. The highest BCUT2D eigenvalue weighted by Gasteiger charge is 2.48. The van der Waals surface area contributed by atoms with Gasteiger partial charge in [0, 0.05) is 41.3 Å². The van der Waals surface area contributed by atoms with E-state index in [0.717, 1.165) is 0 Å². The number of aromatic amines is 1. The van der Waals surface area contributed by atoms with Crippen LogP contribution in [0.2, 0.25) is 10.0 Å². The molecule has 0 bridgehead atoms. The van der Waals surface area contributed by atoms with Crippen LogP contribution in [0.15, 0.2) is 35.5 Å². The molecule has 3 aromatic rings. The lowest BCUT2D eigenvalue weighted by Gasteiger charge is -2.36. The third-order valence-corrected chi connectivity index (χ3v) is 6.52. The fraction of sp³-hybridized carbons (Fsp3) is 0.292. The SMILES string of the molecule is CN/C(=N\OC=O)C(=O)Nc1cc(Cl)c(Oc2ccc3[nH]c4c(c3c2)C(C)(C)CNC4C(F)(F)F)c(Cl)c1. The van der Waals surface area contributed by atoms with Gasteiger partial charge in [-0.15, -0.1) is 0 Å². The molecule has 4 N–H and O–H groups in total. The molecule has 9 nitrogen and oxygen atoms in total. The maximum absolute atomic E-state index is 13.7. The highest BCUT2D eigenvalue weighted by molar-refractivity contribution is 6.42. The van der Waals surface area contributed by atoms with Crippen molar-refractivity contribution < 1.29 is 32.3 Å². The zero-order chi connectivity index (χ0) is 27.8. The number of anilines is 1. The van der Waals surface area contributed by atoms with Crippen LogP contribution >= 0.6 is 23.2 Å². The standard InChI is InChI=1S/C24H22Cl2F3N5O4/c1-23(2)9-31-20(24(27,28)29)18-17(23)13-8-12(4-5-16(13)33-18)38-19-14(25)6-11(7-15(19)26)32-22(36)21(30-3)34-37-10-35/h4-8,10,20,31,33H,9H2,1-3H3,(H,30,34)(H,32,36). The number of fused-ring (bicyclic) bond motifs is 3. The first-order chi connectivity index (χ1) is 17.9. The van der Waals surface area contributed by atoms with Crippen LogP contribution in [0, 0.1) is 0 Å². The van der Waals surface area contributed by atoms with Crippen LogP contribution in [0.3, 0.4) is 0 Å². The number of amides is 1. The van der Waals surface area contributed by atoms with E-state index >= 15 is 0 Å². The van der Waals surface area contributed by atoms with Crippen LogP contribution in [-0.4, -0.2) is 43.0 Å². The molecule has 4 rings (SSSR count). The molecule has 1 atom stereocenters. The number of rotatable bonds is 5. The van der Waals surface area contributed by atoms with Crippen molar-refractivity contribution in [2.45, 2.75) is 31.5 Å². The van der Waals surface area contributed by atoms with E-state index in [1.807, 2.05) is 13.8 Å². The maximum Gasteiger partial charge on any atom is 0.409 e. The molecule has 202 valence electrons. The number of ether oxygens (including phenoxy) is 1. The first-order valence-electron chi connectivity index (χ1n) is 11.2. The normalized spacial score (nSPS) is 17.1. The minimum atomic E-state index is -4.47. The van der Waals surface area contributed by atoms with Crippen molar-refractivity contribution in [2.24, 2.45) is 5.16 Å². The number of likely N-dealkylation sites (N-methyl/N-ethyl adjacent to an activating group) is 1. The van der Waals surface area contributed by atoms with E-state index in [0.29, 0.717) is 22.2 Å².